The van der Waals surface area contributed by atoms with Gasteiger partial charge in [0.2, 0.25) is 5.91 Å². The van der Waals surface area contributed by atoms with Crippen molar-refractivity contribution in [3.05, 3.63) is 64.8 Å². The largest absolute Gasteiger partial charge is 0.458 e. The summed E-state index contributed by atoms with van der Waals surface area (Å²) >= 11 is 3.32. The van der Waals surface area contributed by atoms with Gasteiger partial charge in [-0.2, -0.15) is 0 Å². The number of hydrogen-bond donors (Lipinski definition) is 2. The van der Waals surface area contributed by atoms with E-state index < -0.39 is 29.9 Å². The molecule has 1 aliphatic rings. The Balaban J connectivity index is 1.53. The average molecular weight is 442 g/mol. The first-order chi connectivity index (χ1) is 13.4. The molecule has 2 heterocycles. The summed E-state index contributed by atoms with van der Waals surface area (Å²) in [6, 6.07) is 15.4. The molecule has 2 aromatic carbocycles. The zero-order valence-electron chi connectivity index (χ0n) is 14.9. The third-order valence-electron chi connectivity index (χ3n) is 4.62. The molecule has 2 N–H and O–H groups in total. The lowest BCUT2D eigenvalue weighted by Crippen LogP contribution is -2.41. The smallest absolute Gasteiger partial charge is 0.325 e. The van der Waals surface area contributed by atoms with Crippen molar-refractivity contribution in [3.63, 3.8) is 0 Å². The number of carbonyl (C=O) groups is 3. The minimum atomic E-state index is -1.37. The Hall–Kier alpha value is -3.13. The molecule has 8 heteroatoms. The summed E-state index contributed by atoms with van der Waals surface area (Å²) in [5, 5.41) is 6.14. The zero-order valence-corrected chi connectivity index (χ0v) is 16.4. The quantitative estimate of drug-likeness (QED) is 0.605. The number of amides is 4. The van der Waals surface area contributed by atoms with Gasteiger partial charge in [-0.25, -0.2) is 4.79 Å². The molecule has 4 rings (SSSR count). The minimum Gasteiger partial charge on any atom is -0.458 e. The number of urea groups is 1. The van der Waals surface area contributed by atoms with Crippen LogP contribution in [0, 0.1) is 0 Å². The van der Waals surface area contributed by atoms with Gasteiger partial charge in [0.15, 0.2) is 5.54 Å². The van der Waals surface area contributed by atoms with Crippen molar-refractivity contribution in [1.29, 1.82) is 0 Å². The zero-order chi connectivity index (χ0) is 19.9. The van der Waals surface area contributed by atoms with E-state index in [0.717, 1.165) is 14.8 Å². The number of para-hydroxylation sites is 1. The van der Waals surface area contributed by atoms with Crippen molar-refractivity contribution in [2.45, 2.75) is 12.5 Å². The van der Waals surface area contributed by atoms with Gasteiger partial charge in [-0.15, -0.1) is 0 Å². The number of imide groups is 1. The number of hydrogen-bond acceptors (Lipinski definition) is 4. The molecular formula is C20H16BrN3O4. The molecule has 1 unspecified atom stereocenters. The van der Waals surface area contributed by atoms with Crippen molar-refractivity contribution in [1.82, 2.24) is 10.2 Å². The lowest BCUT2D eigenvalue weighted by atomic mass is 9.99. The topological polar surface area (TPSA) is 91.7 Å². The molecule has 1 aliphatic heterocycles. The number of halogens is 1. The molecule has 1 aromatic heterocycles. The molecule has 1 atom stereocenters. The highest BCUT2D eigenvalue weighted by molar-refractivity contribution is 9.10. The summed E-state index contributed by atoms with van der Waals surface area (Å²) in [7, 11) is 0. The summed E-state index contributed by atoms with van der Waals surface area (Å²) in [5.41, 5.74) is -0.180. The van der Waals surface area contributed by atoms with E-state index in [2.05, 4.69) is 26.6 Å². The van der Waals surface area contributed by atoms with E-state index in [0.29, 0.717) is 17.0 Å². The molecule has 0 spiro atoms. The molecule has 142 valence electrons. The maximum absolute atomic E-state index is 12.9. The Kier molecular flexibility index (Phi) is 4.43. The summed E-state index contributed by atoms with van der Waals surface area (Å²) in [4.78, 5) is 38.5. The van der Waals surface area contributed by atoms with Gasteiger partial charge in [0.1, 0.15) is 17.9 Å². The molecule has 28 heavy (non-hydrogen) atoms. The summed E-state index contributed by atoms with van der Waals surface area (Å²) in [6.45, 7) is 1.17. The van der Waals surface area contributed by atoms with Crippen molar-refractivity contribution >= 4 is 50.4 Å². The maximum atomic E-state index is 12.9. The second kappa shape index (κ2) is 6.79. The number of anilines is 1. The van der Waals surface area contributed by atoms with Crippen LogP contribution in [0.5, 0.6) is 0 Å². The highest BCUT2D eigenvalue weighted by Crippen LogP contribution is 2.33. The molecule has 0 radical (unpaired) electrons. The van der Waals surface area contributed by atoms with Gasteiger partial charge in [0.05, 0.1) is 0 Å². The second-order valence-electron chi connectivity index (χ2n) is 6.65. The lowest BCUT2D eigenvalue weighted by Gasteiger charge is -2.18. The van der Waals surface area contributed by atoms with Gasteiger partial charge < -0.3 is 15.1 Å². The Morgan fingerprint density at radius 2 is 1.89 bits per heavy atom. The normalized spacial score (nSPS) is 19.1. The van der Waals surface area contributed by atoms with Crippen molar-refractivity contribution in [2.24, 2.45) is 0 Å². The van der Waals surface area contributed by atoms with Crippen LogP contribution in [0.1, 0.15) is 12.7 Å². The molecule has 1 fully saturated rings. The van der Waals surface area contributed by atoms with Gasteiger partial charge in [0, 0.05) is 15.5 Å². The van der Waals surface area contributed by atoms with Gasteiger partial charge in [-0.1, -0.05) is 34.1 Å². The van der Waals surface area contributed by atoms with Crippen molar-refractivity contribution in [3.8, 4) is 0 Å². The Morgan fingerprint density at radius 1 is 1.18 bits per heavy atom. The standard InChI is InChI=1S/C20H16BrN3O4/c1-20(16-10-12-4-2-3-5-15(12)28-16)18(26)24(19(27)23-20)11-17(25)22-14-8-6-13(21)7-9-14/h2-10H,11H2,1H3,(H,22,25)(H,23,27). The van der Waals surface area contributed by atoms with Crippen LogP contribution in [0.3, 0.4) is 0 Å². The Labute approximate surface area is 168 Å². The summed E-state index contributed by atoms with van der Waals surface area (Å²) in [6.07, 6.45) is 0. The maximum Gasteiger partial charge on any atom is 0.325 e. The molecule has 3 aromatic rings. The van der Waals surface area contributed by atoms with E-state index in [1.165, 1.54) is 0 Å². The first-order valence-electron chi connectivity index (χ1n) is 8.55. The Bertz CT molecular complexity index is 1060. The molecule has 0 saturated carbocycles. The first kappa shape index (κ1) is 18.2. The van der Waals surface area contributed by atoms with Gasteiger partial charge in [-0.05, 0) is 43.3 Å². The molecular weight excluding hydrogens is 426 g/mol. The van der Waals surface area contributed by atoms with Crippen LogP contribution in [-0.4, -0.2) is 29.3 Å². The number of benzene rings is 2. The Morgan fingerprint density at radius 3 is 2.61 bits per heavy atom. The van der Waals surface area contributed by atoms with Gasteiger partial charge in [0.25, 0.3) is 5.91 Å². The molecule has 0 bridgehead atoms. The summed E-state index contributed by atoms with van der Waals surface area (Å²) < 4.78 is 6.64. The minimum absolute atomic E-state index is 0.322. The lowest BCUT2D eigenvalue weighted by molar-refractivity contribution is -0.134. The van der Waals surface area contributed by atoms with E-state index >= 15 is 0 Å². The van der Waals surface area contributed by atoms with E-state index in [-0.39, 0.29) is 0 Å². The third kappa shape index (κ3) is 3.16. The predicted octanol–water partition coefficient (Wildman–Crippen LogP) is 3.60. The molecule has 7 nitrogen and oxygen atoms in total. The van der Waals surface area contributed by atoms with Crippen molar-refractivity contribution in [2.75, 3.05) is 11.9 Å². The molecule has 1 saturated heterocycles. The van der Waals surface area contributed by atoms with E-state index in [1.807, 2.05) is 18.2 Å². The number of nitrogens with one attached hydrogen (secondary N) is 2. The van der Waals surface area contributed by atoms with Crippen LogP contribution in [0.4, 0.5) is 10.5 Å². The van der Waals surface area contributed by atoms with Gasteiger partial charge >= 0.3 is 6.03 Å². The highest BCUT2D eigenvalue weighted by Gasteiger charge is 2.51. The number of furan rings is 1. The molecule has 4 amide bonds. The first-order valence-corrected chi connectivity index (χ1v) is 9.35. The fourth-order valence-corrected chi connectivity index (χ4v) is 3.38. The predicted molar refractivity (Wildman–Crippen MR) is 107 cm³/mol. The SMILES string of the molecule is CC1(c2cc3ccccc3o2)NC(=O)N(CC(=O)Nc2ccc(Br)cc2)C1=O. The van der Waals surface area contributed by atoms with E-state index in [4.69, 9.17) is 4.42 Å². The fourth-order valence-electron chi connectivity index (χ4n) is 3.11. The highest BCUT2D eigenvalue weighted by atomic mass is 79.9. The van der Waals surface area contributed by atoms with Crippen LogP contribution < -0.4 is 10.6 Å². The van der Waals surface area contributed by atoms with Crippen molar-refractivity contribution < 1.29 is 18.8 Å². The number of carbonyl (C=O) groups excluding carboxylic acids is 3. The average Bonchev–Trinajstić information content (AvgIpc) is 3.20. The molecule has 0 aliphatic carbocycles. The van der Waals surface area contributed by atoms with Crippen LogP contribution in [-0.2, 0) is 15.1 Å². The van der Waals surface area contributed by atoms with E-state index in [1.54, 1.807) is 43.3 Å². The fraction of sp³-hybridized carbons (Fsp3) is 0.150. The number of rotatable bonds is 4. The van der Waals surface area contributed by atoms with Crippen LogP contribution in [0.15, 0.2) is 63.5 Å². The summed E-state index contributed by atoms with van der Waals surface area (Å²) in [5.74, 6) is -0.690. The third-order valence-corrected chi connectivity index (χ3v) is 5.15. The van der Waals surface area contributed by atoms with E-state index in [9.17, 15) is 14.4 Å². The van der Waals surface area contributed by atoms with Crippen LogP contribution in [0.25, 0.3) is 11.0 Å². The van der Waals surface area contributed by atoms with Crippen LogP contribution >= 0.6 is 15.9 Å². The van der Waals surface area contributed by atoms with Gasteiger partial charge in [-0.3, -0.25) is 14.5 Å². The number of nitrogens with zero attached hydrogens (tertiary/aromatic N) is 1. The monoisotopic (exact) mass is 441 g/mol. The van der Waals surface area contributed by atoms with Crippen LogP contribution in [0.2, 0.25) is 0 Å². The number of fused-ring (bicyclic) bond motifs is 1. The second-order valence-corrected chi connectivity index (χ2v) is 7.57.